The average molecular weight is 279 g/mol. The van der Waals surface area contributed by atoms with Gasteiger partial charge in [-0.3, -0.25) is 9.78 Å². The molecule has 0 spiro atoms. The zero-order valence-corrected chi connectivity index (χ0v) is 11.7. The van der Waals surface area contributed by atoms with E-state index in [1.165, 1.54) is 0 Å². The lowest BCUT2D eigenvalue weighted by Gasteiger charge is -2.26. The van der Waals surface area contributed by atoms with Crippen LogP contribution < -0.4 is 5.73 Å². The van der Waals surface area contributed by atoms with Gasteiger partial charge in [-0.1, -0.05) is 6.07 Å². The second-order valence-electron chi connectivity index (χ2n) is 4.88. The molecule has 2 unspecified atom stereocenters. The zero-order chi connectivity index (χ0) is 14.4. The van der Waals surface area contributed by atoms with E-state index < -0.39 is 0 Å². The van der Waals surface area contributed by atoms with E-state index in [4.69, 9.17) is 15.2 Å². The van der Waals surface area contributed by atoms with Crippen LogP contribution in [0.2, 0.25) is 0 Å². The number of hydrogen-bond acceptors (Lipinski definition) is 5. The van der Waals surface area contributed by atoms with E-state index in [-0.39, 0.29) is 17.9 Å². The SMILES string of the molecule is COCCN(Cc1ccccn1)C(=O)C1COCC1N. The molecule has 1 amide bonds. The number of pyridine rings is 1. The van der Waals surface area contributed by atoms with Gasteiger partial charge in [-0.25, -0.2) is 0 Å². The van der Waals surface area contributed by atoms with Crippen molar-refractivity contribution in [3.8, 4) is 0 Å². The third-order valence-corrected chi connectivity index (χ3v) is 3.40. The lowest BCUT2D eigenvalue weighted by Crippen LogP contribution is -2.44. The molecule has 20 heavy (non-hydrogen) atoms. The van der Waals surface area contributed by atoms with E-state index in [2.05, 4.69) is 4.98 Å². The maximum atomic E-state index is 12.5. The summed E-state index contributed by atoms with van der Waals surface area (Å²) in [6, 6.07) is 5.44. The molecule has 1 aliphatic rings. The van der Waals surface area contributed by atoms with Gasteiger partial charge in [0.1, 0.15) is 0 Å². The normalized spacial score (nSPS) is 21.9. The maximum Gasteiger partial charge on any atom is 0.230 e. The van der Waals surface area contributed by atoms with E-state index in [1.54, 1.807) is 18.2 Å². The summed E-state index contributed by atoms with van der Waals surface area (Å²) in [5, 5.41) is 0. The molecule has 2 N–H and O–H groups in total. The molecule has 110 valence electrons. The first-order valence-electron chi connectivity index (χ1n) is 6.73. The highest BCUT2D eigenvalue weighted by molar-refractivity contribution is 5.80. The van der Waals surface area contributed by atoms with Gasteiger partial charge in [-0.2, -0.15) is 0 Å². The fourth-order valence-corrected chi connectivity index (χ4v) is 2.22. The van der Waals surface area contributed by atoms with Crippen LogP contribution in [-0.2, 0) is 20.8 Å². The van der Waals surface area contributed by atoms with Crippen molar-refractivity contribution in [1.29, 1.82) is 0 Å². The largest absolute Gasteiger partial charge is 0.383 e. The Morgan fingerprint density at radius 2 is 2.40 bits per heavy atom. The Morgan fingerprint density at radius 3 is 3.00 bits per heavy atom. The second-order valence-corrected chi connectivity index (χ2v) is 4.88. The average Bonchev–Trinajstić information content (AvgIpc) is 2.90. The molecule has 2 rings (SSSR count). The third-order valence-electron chi connectivity index (χ3n) is 3.40. The molecule has 0 bridgehead atoms. The third kappa shape index (κ3) is 3.75. The Labute approximate surface area is 118 Å². The van der Waals surface area contributed by atoms with Crippen molar-refractivity contribution >= 4 is 5.91 Å². The molecule has 2 heterocycles. The van der Waals surface area contributed by atoms with Gasteiger partial charge in [0.25, 0.3) is 0 Å². The highest BCUT2D eigenvalue weighted by Crippen LogP contribution is 2.16. The molecule has 1 aromatic heterocycles. The first-order valence-corrected chi connectivity index (χ1v) is 6.73. The lowest BCUT2D eigenvalue weighted by atomic mass is 10.0. The molecule has 6 heteroatoms. The minimum atomic E-state index is -0.268. The minimum absolute atomic E-state index is 0.0118. The van der Waals surface area contributed by atoms with E-state index in [1.807, 2.05) is 18.2 Å². The predicted molar refractivity (Wildman–Crippen MR) is 73.8 cm³/mol. The molecule has 1 saturated heterocycles. The summed E-state index contributed by atoms with van der Waals surface area (Å²) in [5.74, 6) is -0.256. The van der Waals surface area contributed by atoms with Crippen LogP contribution in [0.3, 0.4) is 0 Å². The number of aromatic nitrogens is 1. The maximum absolute atomic E-state index is 12.5. The van der Waals surface area contributed by atoms with Crippen molar-refractivity contribution in [1.82, 2.24) is 9.88 Å². The van der Waals surface area contributed by atoms with Crippen LogP contribution in [0.1, 0.15) is 5.69 Å². The monoisotopic (exact) mass is 279 g/mol. The summed E-state index contributed by atoms with van der Waals surface area (Å²) in [7, 11) is 1.62. The summed E-state index contributed by atoms with van der Waals surface area (Å²) in [6.45, 7) is 2.31. The van der Waals surface area contributed by atoms with E-state index in [0.717, 1.165) is 5.69 Å². The molecule has 1 aromatic rings. The van der Waals surface area contributed by atoms with Crippen LogP contribution in [0.25, 0.3) is 0 Å². The van der Waals surface area contributed by atoms with Gasteiger partial charge in [0.15, 0.2) is 0 Å². The molecular weight excluding hydrogens is 258 g/mol. The first-order chi connectivity index (χ1) is 9.72. The number of methoxy groups -OCH3 is 1. The van der Waals surface area contributed by atoms with Crippen LogP contribution in [0.4, 0.5) is 0 Å². The molecular formula is C14H21N3O3. The van der Waals surface area contributed by atoms with E-state index >= 15 is 0 Å². The van der Waals surface area contributed by atoms with Crippen molar-refractivity contribution in [3.05, 3.63) is 30.1 Å². The number of hydrogen-bond donors (Lipinski definition) is 1. The van der Waals surface area contributed by atoms with Gasteiger partial charge in [0, 0.05) is 25.9 Å². The summed E-state index contributed by atoms with van der Waals surface area (Å²) < 4.78 is 10.3. The van der Waals surface area contributed by atoms with Crippen molar-refractivity contribution in [2.45, 2.75) is 12.6 Å². The van der Waals surface area contributed by atoms with Crippen LogP contribution in [0.15, 0.2) is 24.4 Å². The quantitative estimate of drug-likeness (QED) is 0.795. The first kappa shape index (κ1) is 14.9. The number of carbonyl (C=O) groups is 1. The van der Waals surface area contributed by atoms with Crippen molar-refractivity contribution < 1.29 is 14.3 Å². The van der Waals surface area contributed by atoms with Crippen LogP contribution >= 0.6 is 0 Å². The fraction of sp³-hybridized carbons (Fsp3) is 0.571. The van der Waals surface area contributed by atoms with E-state index in [9.17, 15) is 4.79 Å². The molecule has 1 fully saturated rings. The van der Waals surface area contributed by atoms with Gasteiger partial charge in [0.05, 0.1) is 38.0 Å². The molecule has 0 aliphatic carbocycles. The Kier molecular flexibility index (Phi) is 5.46. The Bertz CT molecular complexity index is 427. The Balaban J connectivity index is 2.04. The van der Waals surface area contributed by atoms with E-state index in [0.29, 0.717) is 32.9 Å². The van der Waals surface area contributed by atoms with Crippen LogP contribution in [-0.4, -0.2) is 55.3 Å². The molecule has 0 radical (unpaired) electrons. The number of ether oxygens (including phenoxy) is 2. The number of amides is 1. The highest BCUT2D eigenvalue weighted by atomic mass is 16.5. The Hall–Kier alpha value is -1.50. The topological polar surface area (TPSA) is 77.7 Å². The number of nitrogens with two attached hydrogens (primary N) is 1. The molecule has 2 atom stereocenters. The lowest BCUT2D eigenvalue weighted by molar-refractivity contribution is -0.137. The Morgan fingerprint density at radius 1 is 1.55 bits per heavy atom. The summed E-state index contributed by atoms with van der Waals surface area (Å²) in [6.07, 6.45) is 1.72. The molecule has 1 aliphatic heterocycles. The molecule has 6 nitrogen and oxygen atoms in total. The van der Waals surface area contributed by atoms with Gasteiger partial charge < -0.3 is 20.1 Å². The predicted octanol–water partition coefficient (Wildman–Crippen LogP) is 0.0303. The minimum Gasteiger partial charge on any atom is -0.383 e. The zero-order valence-electron chi connectivity index (χ0n) is 11.7. The van der Waals surface area contributed by atoms with Gasteiger partial charge >= 0.3 is 0 Å². The van der Waals surface area contributed by atoms with Crippen molar-refractivity contribution in [3.63, 3.8) is 0 Å². The van der Waals surface area contributed by atoms with Gasteiger partial charge in [-0.15, -0.1) is 0 Å². The number of carbonyl (C=O) groups excluding carboxylic acids is 1. The number of nitrogens with zero attached hydrogens (tertiary/aromatic N) is 2. The standard InChI is InChI=1S/C14H21N3O3/c1-19-7-6-17(8-11-4-2-3-5-16-11)14(18)12-9-20-10-13(12)15/h2-5,12-13H,6-10,15H2,1H3. The molecule has 0 saturated carbocycles. The smallest absolute Gasteiger partial charge is 0.230 e. The second kappa shape index (κ2) is 7.33. The van der Waals surface area contributed by atoms with Gasteiger partial charge in [-0.05, 0) is 12.1 Å². The van der Waals surface area contributed by atoms with Gasteiger partial charge in [0.2, 0.25) is 5.91 Å². The van der Waals surface area contributed by atoms with Crippen molar-refractivity contribution in [2.24, 2.45) is 11.7 Å². The molecule has 0 aromatic carbocycles. The highest BCUT2D eigenvalue weighted by Gasteiger charge is 2.34. The summed E-state index contributed by atoms with van der Waals surface area (Å²) in [5.41, 5.74) is 6.77. The number of rotatable bonds is 6. The summed E-state index contributed by atoms with van der Waals surface area (Å²) in [4.78, 5) is 18.5. The summed E-state index contributed by atoms with van der Waals surface area (Å²) >= 11 is 0. The van der Waals surface area contributed by atoms with Crippen LogP contribution in [0.5, 0.6) is 0 Å². The fourth-order valence-electron chi connectivity index (χ4n) is 2.22. The van der Waals surface area contributed by atoms with Crippen LogP contribution in [0, 0.1) is 5.92 Å². The van der Waals surface area contributed by atoms with Crippen molar-refractivity contribution in [2.75, 3.05) is 33.5 Å².